The van der Waals surface area contributed by atoms with Crippen molar-refractivity contribution in [3.05, 3.63) is 71.8 Å². The molecule has 0 unspecified atom stereocenters. The minimum atomic E-state index is 0.107. The van der Waals surface area contributed by atoms with Crippen LogP contribution in [0.2, 0.25) is 0 Å². The summed E-state index contributed by atoms with van der Waals surface area (Å²) >= 11 is 0. The Morgan fingerprint density at radius 2 is 1.75 bits per heavy atom. The van der Waals surface area contributed by atoms with Gasteiger partial charge in [0.05, 0.1) is 0 Å². The molecule has 4 nitrogen and oxygen atoms in total. The Hall–Kier alpha value is -2.43. The molecule has 0 atom stereocenters. The summed E-state index contributed by atoms with van der Waals surface area (Å²) in [6.45, 7) is 8.38. The fourth-order valence-electron chi connectivity index (χ4n) is 3.51. The van der Waals surface area contributed by atoms with Crippen LogP contribution in [0.25, 0.3) is 6.08 Å². The predicted molar refractivity (Wildman–Crippen MR) is 117 cm³/mol. The van der Waals surface area contributed by atoms with Crippen LogP contribution in [0.1, 0.15) is 24.0 Å². The van der Waals surface area contributed by atoms with Gasteiger partial charge in [0.1, 0.15) is 0 Å². The van der Waals surface area contributed by atoms with E-state index in [9.17, 15) is 4.79 Å². The second-order valence-corrected chi connectivity index (χ2v) is 7.48. The van der Waals surface area contributed by atoms with Gasteiger partial charge in [-0.05, 0) is 43.1 Å². The highest BCUT2D eigenvalue weighted by Crippen LogP contribution is 2.11. The lowest BCUT2D eigenvalue weighted by Gasteiger charge is -2.34. The Labute approximate surface area is 168 Å². The third-order valence-electron chi connectivity index (χ3n) is 5.12. The Kier molecular flexibility index (Phi) is 7.82. The lowest BCUT2D eigenvalue weighted by Crippen LogP contribution is -2.46. The van der Waals surface area contributed by atoms with Crippen molar-refractivity contribution in [2.45, 2.75) is 19.8 Å². The molecule has 1 saturated heterocycles. The first-order valence-corrected chi connectivity index (χ1v) is 10.2. The summed E-state index contributed by atoms with van der Waals surface area (Å²) < 4.78 is 0. The number of hydrogen-bond donors (Lipinski definition) is 1. The maximum absolute atomic E-state index is 12.1. The molecule has 28 heavy (non-hydrogen) atoms. The molecule has 1 amide bonds. The van der Waals surface area contributed by atoms with Crippen LogP contribution in [0, 0.1) is 6.92 Å². The van der Waals surface area contributed by atoms with Crippen molar-refractivity contribution in [1.82, 2.24) is 9.80 Å². The minimum absolute atomic E-state index is 0.107. The Morgan fingerprint density at radius 1 is 1.00 bits per heavy atom. The zero-order chi connectivity index (χ0) is 19.6. The molecule has 2 aromatic rings. The number of anilines is 1. The summed E-state index contributed by atoms with van der Waals surface area (Å²) in [6, 6.07) is 18.4. The van der Waals surface area contributed by atoms with Gasteiger partial charge >= 0.3 is 0 Å². The maximum atomic E-state index is 12.1. The lowest BCUT2D eigenvalue weighted by molar-refractivity contribution is -0.116. The number of benzene rings is 2. The fraction of sp³-hybridized carbons (Fsp3) is 0.375. The second kappa shape index (κ2) is 10.8. The Morgan fingerprint density at radius 3 is 2.50 bits per heavy atom. The second-order valence-electron chi connectivity index (χ2n) is 7.48. The topological polar surface area (TPSA) is 35.6 Å². The smallest absolute Gasteiger partial charge is 0.224 e. The van der Waals surface area contributed by atoms with Crippen LogP contribution in [0.3, 0.4) is 0 Å². The zero-order valence-corrected chi connectivity index (χ0v) is 16.8. The van der Waals surface area contributed by atoms with Crippen LogP contribution in [0.4, 0.5) is 5.69 Å². The zero-order valence-electron chi connectivity index (χ0n) is 16.8. The van der Waals surface area contributed by atoms with Crippen LogP contribution in [0.5, 0.6) is 0 Å². The van der Waals surface area contributed by atoms with Crippen molar-refractivity contribution in [1.29, 1.82) is 0 Å². The van der Waals surface area contributed by atoms with Crippen LogP contribution >= 0.6 is 0 Å². The lowest BCUT2D eigenvalue weighted by atomic mass is 10.2. The summed E-state index contributed by atoms with van der Waals surface area (Å²) in [5.41, 5.74) is 3.31. The Balaban J connectivity index is 1.29. The molecular formula is C24H31N3O. The monoisotopic (exact) mass is 377 g/mol. The molecule has 0 radical (unpaired) electrons. The van der Waals surface area contributed by atoms with Gasteiger partial charge in [-0.1, -0.05) is 54.6 Å². The highest BCUT2D eigenvalue weighted by atomic mass is 16.1. The predicted octanol–water partition coefficient (Wildman–Crippen LogP) is 4.04. The van der Waals surface area contributed by atoms with E-state index in [1.807, 2.05) is 37.3 Å². The van der Waals surface area contributed by atoms with Gasteiger partial charge in [-0.3, -0.25) is 9.69 Å². The van der Waals surface area contributed by atoms with E-state index < -0.39 is 0 Å². The van der Waals surface area contributed by atoms with Crippen molar-refractivity contribution >= 4 is 17.7 Å². The molecule has 1 aliphatic heterocycles. The average molecular weight is 378 g/mol. The van der Waals surface area contributed by atoms with Gasteiger partial charge in [-0.15, -0.1) is 0 Å². The van der Waals surface area contributed by atoms with E-state index in [-0.39, 0.29) is 5.91 Å². The number of carbonyl (C=O) groups is 1. The van der Waals surface area contributed by atoms with Gasteiger partial charge in [-0.25, -0.2) is 0 Å². The van der Waals surface area contributed by atoms with E-state index in [4.69, 9.17) is 0 Å². The molecule has 1 aliphatic rings. The van der Waals surface area contributed by atoms with Crippen LogP contribution in [0.15, 0.2) is 60.7 Å². The number of rotatable bonds is 8. The SMILES string of the molecule is Cc1cccc(NC(=O)CCCN2CCN(C/C=C/c3ccccc3)CC2)c1. The molecule has 4 heteroatoms. The standard InChI is InChI=1S/C24H31N3O/c1-21-8-5-12-23(20-21)25-24(28)13-7-15-27-18-16-26(17-19-27)14-6-11-22-9-3-2-4-10-22/h2-6,8-12,20H,7,13-19H2,1H3,(H,25,28)/b11-6+. The van der Waals surface area contributed by atoms with Crippen molar-refractivity contribution in [2.24, 2.45) is 0 Å². The number of hydrogen-bond acceptors (Lipinski definition) is 3. The van der Waals surface area contributed by atoms with Crippen LogP contribution < -0.4 is 5.32 Å². The molecule has 1 fully saturated rings. The van der Waals surface area contributed by atoms with Gasteiger partial charge in [0.15, 0.2) is 0 Å². The number of carbonyl (C=O) groups excluding carboxylic acids is 1. The molecule has 0 aromatic heterocycles. The van der Waals surface area contributed by atoms with E-state index in [2.05, 4.69) is 51.5 Å². The molecular weight excluding hydrogens is 346 g/mol. The van der Waals surface area contributed by atoms with Gasteiger partial charge in [0, 0.05) is 44.8 Å². The summed E-state index contributed by atoms with van der Waals surface area (Å²) in [6.07, 6.45) is 5.93. The van der Waals surface area contributed by atoms with Gasteiger partial charge < -0.3 is 10.2 Å². The van der Waals surface area contributed by atoms with E-state index in [1.54, 1.807) is 0 Å². The number of nitrogens with one attached hydrogen (secondary N) is 1. The highest BCUT2D eigenvalue weighted by Gasteiger charge is 2.15. The Bertz CT molecular complexity index is 764. The quantitative estimate of drug-likeness (QED) is 0.754. The molecule has 1 heterocycles. The molecule has 0 spiro atoms. The van der Waals surface area contributed by atoms with Crippen molar-refractivity contribution in [2.75, 3.05) is 44.6 Å². The van der Waals surface area contributed by atoms with E-state index in [1.165, 1.54) is 5.56 Å². The van der Waals surface area contributed by atoms with Gasteiger partial charge in [0.25, 0.3) is 0 Å². The molecule has 1 N–H and O–H groups in total. The van der Waals surface area contributed by atoms with Crippen LogP contribution in [-0.4, -0.2) is 55.0 Å². The largest absolute Gasteiger partial charge is 0.326 e. The summed E-state index contributed by atoms with van der Waals surface area (Å²) in [4.78, 5) is 17.1. The van der Waals surface area contributed by atoms with E-state index in [0.29, 0.717) is 6.42 Å². The molecule has 0 bridgehead atoms. The number of amides is 1. The van der Waals surface area contributed by atoms with Crippen molar-refractivity contribution < 1.29 is 4.79 Å². The molecule has 0 saturated carbocycles. The van der Waals surface area contributed by atoms with Crippen LogP contribution in [-0.2, 0) is 4.79 Å². The summed E-state index contributed by atoms with van der Waals surface area (Å²) in [7, 11) is 0. The minimum Gasteiger partial charge on any atom is -0.326 e. The first-order valence-electron chi connectivity index (χ1n) is 10.2. The van der Waals surface area contributed by atoms with E-state index >= 15 is 0 Å². The normalized spacial score (nSPS) is 15.8. The van der Waals surface area contributed by atoms with Crippen molar-refractivity contribution in [3.8, 4) is 0 Å². The number of nitrogens with zero attached hydrogens (tertiary/aromatic N) is 2. The van der Waals surface area contributed by atoms with Crippen molar-refractivity contribution in [3.63, 3.8) is 0 Å². The molecule has 2 aromatic carbocycles. The van der Waals surface area contributed by atoms with Gasteiger partial charge in [-0.2, -0.15) is 0 Å². The fourth-order valence-corrected chi connectivity index (χ4v) is 3.51. The summed E-state index contributed by atoms with van der Waals surface area (Å²) in [5.74, 6) is 0.107. The first-order chi connectivity index (χ1) is 13.7. The van der Waals surface area contributed by atoms with E-state index in [0.717, 1.165) is 56.9 Å². The first kappa shape index (κ1) is 20.3. The number of aryl methyl sites for hydroxylation is 1. The third-order valence-corrected chi connectivity index (χ3v) is 5.12. The summed E-state index contributed by atoms with van der Waals surface area (Å²) in [5, 5.41) is 2.99. The molecule has 148 valence electrons. The maximum Gasteiger partial charge on any atom is 0.224 e. The average Bonchev–Trinajstić information content (AvgIpc) is 2.70. The van der Waals surface area contributed by atoms with Gasteiger partial charge in [0.2, 0.25) is 5.91 Å². The number of piperazine rings is 1. The molecule has 3 rings (SSSR count). The third kappa shape index (κ3) is 6.95. The molecule has 0 aliphatic carbocycles. The highest BCUT2D eigenvalue weighted by molar-refractivity contribution is 5.90.